The third-order valence-electron chi connectivity index (χ3n) is 3.54. The van der Waals surface area contributed by atoms with Crippen LogP contribution in [0, 0.1) is 0 Å². The maximum absolute atomic E-state index is 12.9. The summed E-state index contributed by atoms with van der Waals surface area (Å²) in [5.41, 5.74) is -1.13. The van der Waals surface area contributed by atoms with Crippen LogP contribution in [0.4, 0.5) is 18.9 Å². The summed E-state index contributed by atoms with van der Waals surface area (Å²) in [6.07, 6.45) is -1.83. The van der Waals surface area contributed by atoms with E-state index < -0.39 is 22.3 Å². The average molecular weight is 523 g/mol. The van der Waals surface area contributed by atoms with Gasteiger partial charge in [-0.25, -0.2) is 4.68 Å². The fourth-order valence-electron chi connectivity index (χ4n) is 2.29. The van der Waals surface area contributed by atoms with E-state index in [0.29, 0.717) is 11.4 Å². The van der Waals surface area contributed by atoms with Crippen LogP contribution in [-0.2, 0) is 20.0 Å². The number of nitrogens with one attached hydrogen (secondary N) is 1. The van der Waals surface area contributed by atoms with E-state index in [1.807, 2.05) is 12.1 Å². The van der Waals surface area contributed by atoms with Gasteiger partial charge in [0.05, 0.1) is 22.6 Å². The molecule has 7 nitrogen and oxygen atoms in total. The molecule has 0 aliphatic carbocycles. The highest BCUT2D eigenvalue weighted by Gasteiger charge is 2.39. The molecule has 2 heterocycles. The van der Waals surface area contributed by atoms with Crippen molar-refractivity contribution >= 4 is 43.5 Å². The number of aromatic nitrogens is 4. The van der Waals surface area contributed by atoms with Gasteiger partial charge >= 0.3 is 6.18 Å². The Morgan fingerprint density at radius 1 is 1.25 bits per heavy atom. The molecule has 12 heteroatoms. The third-order valence-corrected chi connectivity index (χ3v) is 4.82. The predicted molar refractivity (Wildman–Crippen MR) is 101 cm³/mol. The standard InChI is InChI=1S/C16H12Br2F3N5O2/c1-25-13(12(18)14(24-25)16(19,20)21)15(27)23-10-6-22-26(7-10)8-28-11-4-2-9(17)3-5-11/h2-7H,8H2,1H3,(H,23,27). The molecule has 0 aliphatic heterocycles. The van der Waals surface area contributed by atoms with Gasteiger partial charge in [-0.1, -0.05) is 15.9 Å². The Bertz CT molecular complexity index is 999. The molecule has 0 fully saturated rings. The zero-order valence-electron chi connectivity index (χ0n) is 14.2. The van der Waals surface area contributed by atoms with Crippen LogP contribution in [0.2, 0.25) is 0 Å². The van der Waals surface area contributed by atoms with Crippen molar-refractivity contribution in [2.75, 3.05) is 5.32 Å². The quantitative estimate of drug-likeness (QED) is 0.537. The Morgan fingerprint density at radius 2 is 1.93 bits per heavy atom. The number of benzene rings is 1. The molecule has 1 aromatic carbocycles. The third kappa shape index (κ3) is 4.55. The molecule has 0 aliphatic rings. The van der Waals surface area contributed by atoms with Gasteiger partial charge in [0.2, 0.25) is 0 Å². The second-order valence-corrected chi connectivity index (χ2v) is 7.29. The summed E-state index contributed by atoms with van der Waals surface area (Å²) in [6, 6.07) is 7.19. The van der Waals surface area contributed by atoms with E-state index in [9.17, 15) is 18.0 Å². The molecule has 1 amide bonds. The number of carbonyl (C=O) groups is 1. The van der Waals surface area contributed by atoms with Crippen molar-refractivity contribution in [2.45, 2.75) is 12.9 Å². The van der Waals surface area contributed by atoms with Crippen LogP contribution in [0.5, 0.6) is 5.75 Å². The largest absolute Gasteiger partial charge is 0.471 e. The number of hydrogen-bond donors (Lipinski definition) is 1. The molecular formula is C16H12Br2F3N5O2. The van der Waals surface area contributed by atoms with E-state index in [-0.39, 0.29) is 12.4 Å². The number of aryl methyl sites for hydroxylation is 1. The number of hydrogen-bond acceptors (Lipinski definition) is 4. The smallest absolute Gasteiger partial charge is 0.436 e. The van der Waals surface area contributed by atoms with Gasteiger partial charge in [0, 0.05) is 11.5 Å². The van der Waals surface area contributed by atoms with Crippen LogP contribution in [0.1, 0.15) is 16.2 Å². The Labute approximate surface area is 173 Å². The summed E-state index contributed by atoms with van der Waals surface area (Å²) < 4.78 is 47.1. The molecule has 148 valence electrons. The summed E-state index contributed by atoms with van der Waals surface area (Å²) in [7, 11) is 1.25. The van der Waals surface area contributed by atoms with Crippen LogP contribution in [0.3, 0.4) is 0 Å². The molecule has 0 saturated carbocycles. The minimum absolute atomic E-state index is 0.0884. The second-order valence-electron chi connectivity index (χ2n) is 5.58. The van der Waals surface area contributed by atoms with E-state index in [0.717, 1.165) is 9.15 Å². The first-order chi connectivity index (χ1) is 13.1. The van der Waals surface area contributed by atoms with Gasteiger partial charge in [-0.05, 0) is 40.2 Å². The lowest BCUT2D eigenvalue weighted by Crippen LogP contribution is -2.16. The molecule has 3 aromatic rings. The first-order valence-corrected chi connectivity index (χ1v) is 9.25. The molecule has 2 aromatic heterocycles. The summed E-state index contributed by atoms with van der Waals surface area (Å²) in [4.78, 5) is 12.4. The van der Waals surface area contributed by atoms with Gasteiger partial charge in [-0.15, -0.1) is 0 Å². The maximum atomic E-state index is 12.9. The van der Waals surface area contributed by atoms with Crippen LogP contribution in [0.15, 0.2) is 45.6 Å². The van der Waals surface area contributed by atoms with Crippen molar-refractivity contribution in [3.05, 3.63) is 57.0 Å². The van der Waals surface area contributed by atoms with Crippen molar-refractivity contribution < 1.29 is 22.7 Å². The predicted octanol–water partition coefficient (Wildman–Crippen LogP) is 4.45. The van der Waals surface area contributed by atoms with Crippen LogP contribution in [0.25, 0.3) is 0 Å². The number of halogens is 5. The molecule has 0 radical (unpaired) electrons. The number of rotatable bonds is 5. The normalized spacial score (nSPS) is 11.5. The zero-order valence-corrected chi connectivity index (χ0v) is 17.3. The lowest BCUT2D eigenvalue weighted by atomic mass is 10.3. The lowest BCUT2D eigenvalue weighted by molar-refractivity contribution is -0.142. The topological polar surface area (TPSA) is 74.0 Å². The van der Waals surface area contributed by atoms with Crippen molar-refractivity contribution in [2.24, 2.45) is 7.05 Å². The van der Waals surface area contributed by atoms with Crippen molar-refractivity contribution in [3.63, 3.8) is 0 Å². The van der Waals surface area contributed by atoms with E-state index in [4.69, 9.17) is 4.74 Å². The van der Waals surface area contributed by atoms with E-state index in [1.165, 1.54) is 24.1 Å². The average Bonchev–Trinajstić information content (AvgIpc) is 3.17. The van der Waals surface area contributed by atoms with E-state index in [2.05, 4.69) is 47.4 Å². The molecule has 1 N–H and O–H groups in total. The first kappa shape index (κ1) is 20.4. The zero-order chi connectivity index (χ0) is 20.5. The van der Waals surface area contributed by atoms with Crippen LogP contribution < -0.4 is 10.1 Å². The monoisotopic (exact) mass is 521 g/mol. The number of ether oxygens (including phenoxy) is 1. The van der Waals surface area contributed by atoms with Crippen LogP contribution in [-0.4, -0.2) is 25.5 Å². The fraction of sp³-hybridized carbons (Fsp3) is 0.188. The second kappa shape index (κ2) is 7.95. The summed E-state index contributed by atoms with van der Waals surface area (Å²) in [5, 5.41) is 9.89. The van der Waals surface area contributed by atoms with Crippen LogP contribution >= 0.6 is 31.9 Å². The van der Waals surface area contributed by atoms with Crippen molar-refractivity contribution in [1.29, 1.82) is 0 Å². The maximum Gasteiger partial charge on any atom is 0.436 e. The van der Waals surface area contributed by atoms with Gasteiger partial charge in [0.25, 0.3) is 5.91 Å². The Hall–Kier alpha value is -2.34. The fourth-order valence-corrected chi connectivity index (χ4v) is 3.29. The van der Waals surface area contributed by atoms with E-state index in [1.54, 1.807) is 12.1 Å². The lowest BCUT2D eigenvalue weighted by Gasteiger charge is -2.06. The minimum atomic E-state index is -4.68. The molecule has 0 spiro atoms. The van der Waals surface area contributed by atoms with Gasteiger partial charge in [0.1, 0.15) is 11.4 Å². The molecule has 0 unspecified atom stereocenters. The first-order valence-electron chi connectivity index (χ1n) is 7.67. The highest BCUT2D eigenvalue weighted by Crippen LogP contribution is 2.35. The molecule has 28 heavy (non-hydrogen) atoms. The highest BCUT2D eigenvalue weighted by molar-refractivity contribution is 9.10. The highest BCUT2D eigenvalue weighted by atomic mass is 79.9. The van der Waals surface area contributed by atoms with Crippen molar-refractivity contribution in [3.8, 4) is 5.75 Å². The summed E-state index contributed by atoms with van der Waals surface area (Å²) in [6.45, 7) is 0.0884. The molecule has 3 rings (SSSR count). The Morgan fingerprint density at radius 3 is 2.54 bits per heavy atom. The molecular weight excluding hydrogens is 511 g/mol. The van der Waals surface area contributed by atoms with Gasteiger partial charge < -0.3 is 10.1 Å². The van der Waals surface area contributed by atoms with Crippen molar-refractivity contribution in [1.82, 2.24) is 19.6 Å². The molecule has 0 atom stereocenters. The summed E-state index contributed by atoms with van der Waals surface area (Å²) in [5.74, 6) is -0.131. The molecule has 0 bridgehead atoms. The van der Waals surface area contributed by atoms with Gasteiger partial charge in [-0.2, -0.15) is 23.4 Å². The number of amides is 1. The number of anilines is 1. The Kier molecular flexibility index (Phi) is 5.79. The summed E-state index contributed by atoms with van der Waals surface area (Å²) >= 11 is 6.13. The van der Waals surface area contributed by atoms with Gasteiger partial charge in [0.15, 0.2) is 12.4 Å². The molecule has 0 saturated heterocycles. The Balaban J connectivity index is 1.67. The van der Waals surface area contributed by atoms with Gasteiger partial charge in [-0.3, -0.25) is 9.48 Å². The minimum Gasteiger partial charge on any atom is -0.471 e. The van der Waals surface area contributed by atoms with E-state index >= 15 is 0 Å². The number of alkyl halides is 3. The number of nitrogens with zero attached hydrogens (tertiary/aromatic N) is 4. The number of carbonyl (C=O) groups excluding carboxylic acids is 1. The SMILES string of the molecule is Cn1nc(C(F)(F)F)c(Br)c1C(=O)Nc1cnn(COc2ccc(Br)cc2)c1.